The molecular weight excluding hydrogens is 468 g/mol. The highest BCUT2D eigenvalue weighted by Gasteiger charge is 2.31. The van der Waals surface area contributed by atoms with Crippen LogP contribution in [0.25, 0.3) is 0 Å². The van der Waals surface area contributed by atoms with Crippen molar-refractivity contribution < 1.29 is 14.3 Å². The van der Waals surface area contributed by atoms with E-state index in [1.807, 2.05) is 66.7 Å². The van der Waals surface area contributed by atoms with E-state index < -0.39 is 0 Å². The Morgan fingerprint density at radius 3 is 2.69 bits per heavy atom. The molecule has 36 heavy (non-hydrogen) atoms. The molecule has 2 aliphatic rings. The standard InChI is InChI=1S/C30H32N2O3S/c1-19-8-6-12-25(20(19)2)31-29(33)22-14-15-28-26(17-22)32(18-21-9-7-10-23(16-21)35-3)30(34)24-11-4-5-13-27(24)36-28/h4-5,7,9-11,13-17,19-20,25H,6,8,12,18H2,1-3H3,(H,31,33)/t19-,20-,25-/m1/s1. The molecule has 0 unspecified atom stereocenters. The summed E-state index contributed by atoms with van der Waals surface area (Å²) in [6.45, 7) is 4.87. The van der Waals surface area contributed by atoms with Gasteiger partial charge in [0.05, 0.1) is 24.9 Å². The Hall–Kier alpha value is -3.25. The van der Waals surface area contributed by atoms with Crippen molar-refractivity contribution in [2.75, 3.05) is 12.0 Å². The molecule has 1 fully saturated rings. The summed E-state index contributed by atoms with van der Waals surface area (Å²) in [5.41, 5.74) is 2.95. The highest BCUT2D eigenvalue weighted by molar-refractivity contribution is 7.99. The monoisotopic (exact) mass is 500 g/mol. The molecule has 1 aliphatic heterocycles. The minimum absolute atomic E-state index is 0.0769. The van der Waals surface area contributed by atoms with Crippen molar-refractivity contribution >= 4 is 29.3 Å². The summed E-state index contributed by atoms with van der Waals surface area (Å²) >= 11 is 1.57. The van der Waals surface area contributed by atoms with E-state index in [-0.39, 0.29) is 17.9 Å². The van der Waals surface area contributed by atoms with Gasteiger partial charge in [-0.15, -0.1) is 0 Å². The van der Waals surface area contributed by atoms with Gasteiger partial charge in [-0.25, -0.2) is 0 Å². The van der Waals surface area contributed by atoms with Crippen LogP contribution in [-0.4, -0.2) is 25.0 Å². The average Bonchev–Trinajstić information content (AvgIpc) is 3.01. The number of amides is 2. The number of carbonyl (C=O) groups excluding carboxylic acids is 2. The molecule has 3 aromatic rings. The Balaban J connectivity index is 1.51. The fourth-order valence-corrected chi connectivity index (χ4v) is 6.27. The summed E-state index contributed by atoms with van der Waals surface area (Å²) in [7, 11) is 1.64. The molecule has 5 rings (SSSR count). The molecule has 0 spiro atoms. The minimum atomic E-state index is -0.0794. The van der Waals surface area contributed by atoms with Crippen LogP contribution in [0, 0.1) is 11.8 Å². The summed E-state index contributed by atoms with van der Waals surface area (Å²) in [5, 5.41) is 3.28. The molecule has 0 saturated heterocycles. The number of anilines is 1. The van der Waals surface area contributed by atoms with Crippen LogP contribution < -0.4 is 15.0 Å². The smallest absolute Gasteiger partial charge is 0.259 e. The maximum absolute atomic E-state index is 13.8. The number of nitrogens with one attached hydrogen (secondary N) is 1. The van der Waals surface area contributed by atoms with Gasteiger partial charge in [0.15, 0.2) is 0 Å². The van der Waals surface area contributed by atoms with Crippen molar-refractivity contribution in [3.8, 4) is 5.75 Å². The number of benzene rings is 3. The third kappa shape index (κ3) is 4.87. The Kier molecular flexibility index (Phi) is 7.06. The number of hydrogen-bond acceptors (Lipinski definition) is 4. The number of hydrogen-bond donors (Lipinski definition) is 1. The van der Waals surface area contributed by atoms with Gasteiger partial charge >= 0.3 is 0 Å². The van der Waals surface area contributed by atoms with Gasteiger partial charge in [-0.2, -0.15) is 0 Å². The van der Waals surface area contributed by atoms with E-state index in [9.17, 15) is 9.59 Å². The molecular formula is C30H32N2O3S. The molecule has 3 atom stereocenters. The van der Waals surface area contributed by atoms with Gasteiger partial charge in [0.2, 0.25) is 0 Å². The molecule has 3 aromatic carbocycles. The molecule has 0 aromatic heterocycles. The van der Waals surface area contributed by atoms with E-state index in [1.165, 1.54) is 6.42 Å². The van der Waals surface area contributed by atoms with Gasteiger partial charge in [-0.05, 0) is 66.3 Å². The maximum atomic E-state index is 13.8. The SMILES string of the molecule is COc1cccc(CN2C(=O)c3ccccc3Sc3ccc(C(=O)N[C@@H]4CCC[C@@H](C)[C@H]4C)cc32)c1. The van der Waals surface area contributed by atoms with Crippen LogP contribution in [0.3, 0.4) is 0 Å². The van der Waals surface area contributed by atoms with Crippen molar-refractivity contribution in [1.29, 1.82) is 0 Å². The molecule has 0 radical (unpaired) electrons. The molecule has 186 valence electrons. The predicted molar refractivity (Wildman–Crippen MR) is 144 cm³/mol. The number of nitrogens with zero attached hydrogens (tertiary/aromatic N) is 1. The van der Waals surface area contributed by atoms with Crippen LogP contribution >= 0.6 is 11.8 Å². The molecule has 6 heteroatoms. The van der Waals surface area contributed by atoms with Crippen LogP contribution in [0.2, 0.25) is 0 Å². The quantitative estimate of drug-likeness (QED) is 0.431. The van der Waals surface area contributed by atoms with E-state index in [0.717, 1.165) is 39.6 Å². The molecule has 1 heterocycles. The van der Waals surface area contributed by atoms with Gasteiger partial charge in [-0.3, -0.25) is 9.59 Å². The number of rotatable bonds is 5. The number of carbonyl (C=O) groups is 2. The molecule has 1 saturated carbocycles. The lowest BCUT2D eigenvalue weighted by molar-refractivity contribution is 0.0889. The van der Waals surface area contributed by atoms with Gasteiger partial charge in [0.25, 0.3) is 11.8 Å². The second kappa shape index (κ2) is 10.4. The lowest BCUT2D eigenvalue weighted by Gasteiger charge is -2.34. The second-order valence-corrected chi connectivity index (χ2v) is 11.0. The highest BCUT2D eigenvalue weighted by atomic mass is 32.2. The van der Waals surface area contributed by atoms with Crippen molar-refractivity contribution in [2.45, 2.75) is 55.5 Å². The van der Waals surface area contributed by atoms with Crippen LogP contribution in [0.4, 0.5) is 5.69 Å². The maximum Gasteiger partial charge on any atom is 0.259 e. The van der Waals surface area contributed by atoms with Gasteiger partial charge < -0.3 is 15.0 Å². The molecule has 0 bridgehead atoms. The van der Waals surface area contributed by atoms with Crippen LogP contribution in [0.15, 0.2) is 76.5 Å². The number of fused-ring (bicyclic) bond motifs is 2. The van der Waals surface area contributed by atoms with E-state index in [1.54, 1.807) is 23.8 Å². The minimum Gasteiger partial charge on any atom is -0.497 e. The first-order valence-electron chi connectivity index (χ1n) is 12.6. The summed E-state index contributed by atoms with van der Waals surface area (Å²) in [4.78, 5) is 30.8. The summed E-state index contributed by atoms with van der Waals surface area (Å²) in [6, 6.07) is 21.3. The van der Waals surface area contributed by atoms with E-state index in [0.29, 0.717) is 29.5 Å². The van der Waals surface area contributed by atoms with Crippen molar-refractivity contribution in [3.05, 3.63) is 83.4 Å². The molecule has 5 nitrogen and oxygen atoms in total. The summed E-state index contributed by atoms with van der Waals surface area (Å²) < 4.78 is 5.40. The van der Waals surface area contributed by atoms with Crippen LogP contribution in [0.1, 0.15) is 59.4 Å². The largest absolute Gasteiger partial charge is 0.497 e. The van der Waals surface area contributed by atoms with Crippen LogP contribution in [0.5, 0.6) is 5.75 Å². The normalized spacial score (nSPS) is 21.2. The first-order chi connectivity index (χ1) is 17.4. The second-order valence-electron chi connectivity index (χ2n) is 9.87. The Bertz CT molecular complexity index is 1290. The third-order valence-corrected chi connectivity index (χ3v) is 8.73. The lowest BCUT2D eigenvalue weighted by Crippen LogP contribution is -2.43. The number of ether oxygens (including phenoxy) is 1. The Morgan fingerprint density at radius 1 is 1.03 bits per heavy atom. The lowest BCUT2D eigenvalue weighted by atomic mass is 9.78. The van der Waals surface area contributed by atoms with E-state index in [4.69, 9.17) is 4.74 Å². The Morgan fingerprint density at radius 2 is 1.86 bits per heavy atom. The van der Waals surface area contributed by atoms with E-state index >= 15 is 0 Å². The summed E-state index contributed by atoms with van der Waals surface area (Å²) in [6.07, 6.45) is 3.36. The van der Waals surface area contributed by atoms with E-state index in [2.05, 4.69) is 19.2 Å². The zero-order chi connectivity index (χ0) is 25.2. The first-order valence-corrected chi connectivity index (χ1v) is 13.4. The van der Waals surface area contributed by atoms with Crippen molar-refractivity contribution in [2.24, 2.45) is 11.8 Å². The topological polar surface area (TPSA) is 58.6 Å². The fraction of sp³-hybridized carbons (Fsp3) is 0.333. The summed E-state index contributed by atoms with van der Waals surface area (Å²) in [5.74, 6) is 1.63. The van der Waals surface area contributed by atoms with Crippen molar-refractivity contribution in [3.63, 3.8) is 0 Å². The van der Waals surface area contributed by atoms with Gasteiger partial charge in [0.1, 0.15) is 5.75 Å². The third-order valence-electron chi connectivity index (χ3n) is 7.59. The van der Waals surface area contributed by atoms with Crippen molar-refractivity contribution in [1.82, 2.24) is 5.32 Å². The zero-order valence-corrected chi connectivity index (χ0v) is 21.8. The predicted octanol–water partition coefficient (Wildman–Crippen LogP) is 6.56. The number of methoxy groups -OCH3 is 1. The van der Waals surface area contributed by atoms with Crippen LogP contribution in [-0.2, 0) is 6.54 Å². The van der Waals surface area contributed by atoms with Gasteiger partial charge in [0, 0.05) is 21.4 Å². The molecule has 2 amide bonds. The molecule has 1 N–H and O–H groups in total. The zero-order valence-electron chi connectivity index (χ0n) is 21.0. The molecule has 1 aliphatic carbocycles. The highest BCUT2D eigenvalue weighted by Crippen LogP contribution is 2.42. The first kappa shape index (κ1) is 24.4. The Labute approximate surface area is 217 Å². The average molecular weight is 501 g/mol. The van der Waals surface area contributed by atoms with Gasteiger partial charge in [-0.1, -0.05) is 62.7 Å². The fourth-order valence-electron chi connectivity index (χ4n) is 5.21.